The highest BCUT2D eigenvalue weighted by atomic mass is 32.2. The SMILES string of the molecule is CCOCCCN1C(=O)C(CC(=O)Nc2ccc(OC)c(OC)c2)SC1=Nc1ccc(C)c(C)c1. The number of carbonyl (C=O) groups excluding carboxylic acids is 2. The number of aryl methyl sites for hydroxylation is 2. The number of thioether (sulfide) groups is 1. The Labute approximate surface area is 211 Å². The van der Waals surface area contributed by atoms with Crippen LogP contribution in [0, 0.1) is 13.8 Å². The second-order valence-corrected chi connectivity index (χ2v) is 9.30. The molecule has 2 aromatic rings. The summed E-state index contributed by atoms with van der Waals surface area (Å²) in [4.78, 5) is 32.5. The Hall–Kier alpha value is -3.04. The fraction of sp³-hybridized carbons (Fsp3) is 0.423. The number of hydrogen-bond donors (Lipinski definition) is 1. The summed E-state index contributed by atoms with van der Waals surface area (Å²) < 4.78 is 16.0. The lowest BCUT2D eigenvalue weighted by atomic mass is 10.1. The molecule has 3 rings (SSSR count). The van der Waals surface area contributed by atoms with Gasteiger partial charge in [0.1, 0.15) is 5.25 Å². The highest BCUT2D eigenvalue weighted by molar-refractivity contribution is 8.15. The quantitative estimate of drug-likeness (QED) is 0.451. The van der Waals surface area contributed by atoms with E-state index in [9.17, 15) is 9.59 Å². The van der Waals surface area contributed by atoms with Gasteiger partial charge < -0.3 is 19.5 Å². The van der Waals surface area contributed by atoms with E-state index in [1.807, 2.05) is 39.0 Å². The number of amidine groups is 1. The first-order chi connectivity index (χ1) is 16.9. The van der Waals surface area contributed by atoms with Crippen molar-refractivity contribution in [1.29, 1.82) is 0 Å². The molecule has 1 aliphatic rings. The van der Waals surface area contributed by atoms with Gasteiger partial charge in [0, 0.05) is 37.9 Å². The molecule has 1 aliphatic heterocycles. The van der Waals surface area contributed by atoms with Crippen LogP contribution in [0.15, 0.2) is 41.4 Å². The Morgan fingerprint density at radius 3 is 2.54 bits per heavy atom. The molecule has 1 N–H and O–H groups in total. The van der Waals surface area contributed by atoms with Crippen molar-refractivity contribution < 1.29 is 23.8 Å². The number of amides is 2. The molecular weight excluding hydrogens is 466 g/mol. The van der Waals surface area contributed by atoms with Gasteiger partial charge in [-0.25, -0.2) is 4.99 Å². The van der Waals surface area contributed by atoms with Crippen LogP contribution in [0.2, 0.25) is 0 Å². The Bertz CT molecular complexity index is 1090. The zero-order valence-electron chi connectivity index (χ0n) is 20.9. The summed E-state index contributed by atoms with van der Waals surface area (Å²) >= 11 is 1.33. The van der Waals surface area contributed by atoms with Crippen molar-refractivity contribution in [3.63, 3.8) is 0 Å². The van der Waals surface area contributed by atoms with Crippen molar-refractivity contribution in [2.45, 2.75) is 38.9 Å². The Morgan fingerprint density at radius 2 is 1.86 bits per heavy atom. The standard InChI is InChI=1S/C26H33N3O5S/c1-6-34-13-7-12-29-25(31)23(35-26(29)28-19-9-8-17(2)18(3)14-19)16-24(30)27-20-10-11-21(32-4)22(15-20)33-5/h8-11,14-15,23H,6-7,12-13,16H2,1-5H3,(H,27,30). The molecule has 8 nitrogen and oxygen atoms in total. The van der Waals surface area contributed by atoms with E-state index in [4.69, 9.17) is 19.2 Å². The molecule has 2 aromatic carbocycles. The third-order valence-electron chi connectivity index (χ3n) is 5.65. The van der Waals surface area contributed by atoms with Gasteiger partial charge >= 0.3 is 0 Å². The van der Waals surface area contributed by atoms with Gasteiger partial charge in [-0.15, -0.1) is 0 Å². The topological polar surface area (TPSA) is 89.5 Å². The molecule has 1 saturated heterocycles. The number of rotatable bonds is 11. The summed E-state index contributed by atoms with van der Waals surface area (Å²) in [5.41, 5.74) is 3.67. The number of nitrogens with zero attached hydrogens (tertiary/aromatic N) is 2. The van der Waals surface area contributed by atoms with Gasteiger partial charge in [0.15, 0.2) is 16.7 Å². The Balaban J connectivity index is 1.74. The fourth-order valence-corrected chi connectivity index (χ4v) is 4.78. The van der Waals surface area contributed by atoms with Crippen molar-refractivity contribution >= 4 is 40.1 Å². The molecule has 1 unspecified atom stereocenters. The van der Waals surface area contributed by atoms with E-state index in [1.54, 1.807) is 30.2 Å². The van der Waals surface area contributed by atoms with Gasteiger partial charge in [-0.3, -0.25) is 14.5 Å². The lowest BCUT2D eigenvalue weighted by Crippen LogP contribution is -2.34. The minimum atomic E-state index is -0.549. The van der Waals surface area contributed by atoms with Gasteiger partial charge in [0.2, 0.25) is 11.8 Å². The number of hydrogen-bond acceptors (Lipinski definition) is 7. The van der Waals surface area contributed by atoms with Crippen LogP contribution in [-0.4, -0.2) is 61.1 Å². The van der Waals surface area contributed by atoms with Crippen molar-refractivity contribution in [3.05, 3.63) is 47.5 Å². The van der Waals surface area contributed by atoms with Crippen LogP contribution in [0.25, 0.3) is 0 Å². The van der Waals surface area contributed by atoms with E-state index >= 15 is 0 Å². The molecular formula is C26H33N3O5S. The summed E-state index contributed by atoms with van der Waals surface area (Å²) in [6.07, 6.45) is 0.725. The fourth-order valence-electron chi connectivity index (χ4n) is 3.60. The molecule has 0 bridgehead atoms. The first kappa shape index (κ1) is 26.6. The van der Waals surface area contributed by atoms with E-state index in [0.717, 1.165) is 11.3 Å². The lowest BCUT2D eigenvalue weighted by molar-refractivity contribution is -0.128. The van der Waals surface area contributed by atoms with E-state index in [2.05, 4.69) is 5.32 Å². The summed E-state index contributed by atoms with van der Waals surface area (Å²) in [5.74, 6) is 0.711. The number of nitrogens with one attached hydrogen (secondary N) is 1. The van der Waals surface area contributed by atoms with E-state index < -0.39 is 5.25 Å². The number of carbonyl (C=O) groups is 2. The van der Waals surface area contributed by atoms with Crippen molar-refractivity contribution in [3.8, 4) is 11.5 Å². The smallest absolute Gasteiger partial charge is 0.242 e. The predicted molar refractivity (Wildman–Crippen MR) is 140 cm³/mol. The molecule has 0 radical (unpaired) electrons. The number of benzene rings is 2. The number of methoxy groups -OCH3 is 2. The highest BCUT2D eigenvalue weighted by Crippen LogP contribution is 2.33. The maximum absolute atomic E-state index is 13.2. The first-order valence-electron chi connectivity index (χ1n) is 11.6. The van der Waals surface area contributed by atoms with E-state index in [-0.39, 0.29) is 18.2 Å². The van der Waals surface area contributed by atoms with Crippen LogP contribution in [0.5, 0.6) is 11.5 Å². The molecule has 2 amide bonds. The zero-order valence-corrected chi connectivity index (χ0v) is 21.7. The highest BCUT2D eigenvalue weighted by Gasteiger charge is 2.39. The van der Waals surface area contributed by atoms with Crippen LogP contribution in [0.4, 0.5) is 11.4 Å². The van der Waals surface area contributed by atoms with Gasteiger partial charge in [0.05, 0.1) is 19.9 Å². The maximum atomic E-state index is 13.2. The minimum Gasteiger partial charge on any atom is -0.493 e. The Kier molecular flexibility index (Phi) is 9.56. The second kappa shape index (κ2) is 12.6. The zero-order chi connectivity index (χ0) is 25.4. The van der Waals surface area contributed by atoms with Crippen molar-refractivity contribution in [2.75, 3.05) is 39.3 Å². The molecule has 9 heteroatoms. The van der Waals surface area contributed by atoms with Gasteiger partial charge in [-0.1, -0.05) is 17.8 Å². The minimum absolute atomic E-state index is 0.0335. The van der Waals surface area contributed by atoms with E-state index in [1.165, 1.54) is 24.4 Å². The molecule has 0 aromatic heterocycles. The molecule has 0 saturated carbocycles. The van der Waals surface area contributed by atoms with Crippen LogP contribution < -0.4 is 14.8 Å². The normalized spacial score (nSPS) is 16.6. The third-order valence-corrected chi connectivity index (χ3v) is 6.82. The summed E-state index contributed by atoms with van der Waals surface area (Å²) in [6.45, 7) is 7.71. The summed E-state index contributed by atoms with van der Waals surface area (Å²) in [5, 5.41) is 2.91. The molecule has 1 heterocycles. The second-order valence-electron chi connectivity index (χ2n) is 8.13. The molecule has 188 valence electrons. The van der Waals surface area contributed by atoms with Crippen molar-refractivity contribution in [1.82, 2.24) is 4.90 Å². The first-order valence-corrected chi connectivity index (χ1v) is 12.5. The molecule has 0 spiro atoms. The maximum Gasteiger partial charge on any atom is 0.242 e. The number of aliphatic imine (C=N–C) groups is 1. The van der Waals surface area contributed by atoms with Gasteiger partial charge in [-0.05, 0) is 62.6 Å². The molecule has 1 fully saturated rings. The largest absolute Gasteiger partial charge is 0.493 e. The molecule has 1 atom stereocenters. The summed E-state index contributed by atoms with van der Waals surface area (Å²) in [6, 6.07) is 11.1. The average molecular weight is 500 g/mol. The molecule has 35 heavy (non-hydrogen) atoms. The van der Waals surface area contributed by atoms with Gasteiger partial charge in [0.25, 0.3) is 0 Å². The Morgan fingerprint density at radius 1 is 1.09 bits per heavy atom. The monoisotopic (exact) mass is 499 g/mol. The average Bonchev–Trinajstić information content (AvgIpc) is 3.12. The van der Waals surface area contributed by atoms with Crippen LogP contribution in [0.3, 0.4) is 0 Å². The third kappa shape index (κ3) is 6.99. The lowest BCUT2D eigenvalue weighted by Gasteiger charge is -2.16. The summed E-state index contributed by atoms with van der Waals surface area (Å²) in [7, 11) is 3.09. The molecule has 0 aliphatic carbocycles. The van der Waals surface area contributed by atoms with Crippen LogP contribution in [0.1, 0.15) is 30.9 Å². The van der Waals surface area contributed by atoms with Gasteiger partial charge in [-0.2, -0.15) is 0 Å². The number of ether oxygens (including phenoxy) is 3. The predicted octanol–water partition coefficient (Wildman–Crippen LogP) is 4.71. The number of anilines is 1. The van der Waals surface area contributed by atoms with E-state index in [0.29, 0.717) is 48.5 Å². The van der Waals surface area contributed by atoms with Crippen LogP contribution in [-0.2, 0) is 14.3 Å². The van der Waals surface area contributed by atoms with Crippen molar-refractivity contribution in [2.24, 2.45) is 4.99 Å². The van der Waals surface area contributed by atoms with Crippen LogP contribution >= 0.6 is 11.8 Å².